The molecule has 0 amide bonds. The fraction of sp³-hybridized carbons (Fsp3) is 0.625. The molecular formula is C16H21N3O2S. The van der Waals surface area contributed by atoms with Crippen LogP contribution in [-0.2, 0) is 29.0 Å². The standard InChI is InChI=1S/C16H21N3O2S/c1-16(2)6-11-12(7-17)14(18)19(8-10-4-3-5-20-10)15(22)13(11)9-21-16/h10H,3-6,8-9,18H2,1-2H3/t10-/m0/s1. The fourth-order valence-corrected chi connectivity index (χ4v) is 3.58. The van der Waals surface area contributed by atoms with E-state index in [4.69, 9.17) is 27.4 Å². The van der Waals surface area contributed by atoms with Gasteiger partial charge in [0.1, 0.15) is 16.5 Å². The van der Waals surface area contributed by atoms with Crippen LogP contribution in [0.1, 0.15) is 43.4 Å². The van der Waals surface area contributed by atoms with E-state index in [0.29, 0.717) is 35.6 Å². The van der Waals surface area contributed by atoms with Crippen LogP contribution in [0.15, 0.2) is 0 Å². The second-order valence-electron chi connectivity index (χ2n) is 6.61. The monoisotopic (exact) mass is 319 g/mol. The number of rotatable bonds is 2. The largest absolute Gasteiger partial charge is 0.384 e. The van der Waals surface area contributed by atoms with Crippen LogP contribution in [0.5, 0.6) is 0 Å². The molecular weight excluding hydrogens is 298 g/mol. The molecule has 2 aliphatic rings. The number of nitrogens with zero attached hydrogens (tertiary/aromatic N) is 2. The van der Waals surface area contributed by atoms with Crippen molar-refractivity contribution >= 4 is 18.0 Å². The smallest absolute Gasteiger partial charge is 0.122 e. The van der Waals surface area contributed by atoms with Gasteiger partial charge in [0.05, 0.1) is 30.4 Å². The average molecular weight is 319 g/mol. The Balaban J connectivity index is 2.10. The highest BCUT2D eigenvalue weighted by Crippen LogP contribution is 2.34. The molecule has 0 radical (unpaired) electrons. The molecule has 0 bridgehead atoms. The van der Waals surface area contributed by atoms with Crippen LogP contribution in [0.3, 0.4) is 0 Å². The fourth-order valence-electron chi connectivity index (χ4n) is 3.23. The zero-order chi connectivity index (χ0) is 15.9. The number of aromatic nitrogens is 1. The Bertz CT molecular complexity index is 697. The van der Waals surface area contributed by atoms with E-state index < -0.39 is 0 Å². The van der Waals surface area contributed by atoms with Gasteiger partial charge in [0, 0.05) is 18.6 Å². The third-order valence-electron chi connectivity index (χ3n) is 4.45. The Morgan fingerprint density at radius 3 is 2.86 bits per heavy atom. The minimum Gasteiger partial charge on any atom is -0.384 e. The van der Waals surface area contributed by atoms with Gasteiger partial charge in [-0.2, -0.15) is 5.26 Å². The van der Waals surface area contributed by atoms with Gasteiger partial charge in [-0.3, -0.25) is 0 Å². The molecule has 3 rings (SSSR count). The number of pyridine rings is 1. The molecule has 2 aliphatic heterocycles. The lowest BCUT2D eigenvalue weighted by Gasteiger charge is -2.33. The van der Waals surface area contributed by atoms with E-state index in [2.05, 4.69) is 6.07 Å². The highest BCUT2D eigenvalue weighted by atomic mass is 32.1. The molecule has 0 aromatic carbocycles. The first-order valence-electron chi connectivity index (χ1n) is 7.62. The Kier molecular flexibility index (Phi) is 3.98. The van der Waals surface area contributed by atoms with E-state index in [0.717, 1.165) is 30.6 Å². The van der Waals surface area contributed by atoms with Crippen LogP contribution >= 0.6 is 12.2 Å². The molecule has 0 aliphatic carbocycles. The number of hydrogen-bond acceptors (Lipinski definition) is 5. The van der Waals surface area contributed by atoms with Gasteiger partial charge < -0.3 is 19.8 Å². The van der Waals surface area contributed by atoms with Gasteiger partial charge in [-0.25, -0.2) is 0 Å². The van der Waals surface area contributed by atoms with Gasteiger partial charge in [0.2, 0.25) is 0 Å². The Morgan fingerprint density at radius 1 is 1.45 bits per heavy atom. The van der Waals surface area contributed by atoms with Crippen molar-refractivity contribution in [3.8, 4) is 6.07 Å². The van der Waals surface area contributed by atoms with Gasteiger partial charge in [0.25, 0.3) is 0 Å². The molecule has 1 atom stereocenters. The van der Waals surface area contributed by atoms with Crippen LogP contribution in [0.2, 0.25) is 0 Å². The second-order valence-corrected chi connectivity index (χ2v) is 6.99. The van der Waals surface area contributed by atoms with Crippen LogP contribution in [0, 0.1) is 16.0 Å². The zero-order valence-electron chi connectivity index (χ0n) is 13.0. The summed E-state index contributed by atoms with van der Waals surface area (Å²) in [6.45, 7) is 5.86. The summed E-state index contributed by atoms with van der Waals surface area (Å²) < 4.78 is 14.1. The zero-order valence-corrected chi connectivity index (χ0v) is 13.8. The van der Waals surface area contributed by atoms with Crippen molar-refractivity contribution in [3.63, 3.8) is 0 Å². The summed E-state index contributed by atoms with van der Waals surface area (Å²) in [7, 11) is 0. The van der Waals surface area contributed by atoms with Crippen LogP contribution in [0.25, 0.3) is 0 Å². The van der Waals surface area contributed by atoms with Gasteiger partial charge in [-0.05, 0) is 32.3 Å². The maximum absolute atomic E-state index is 9.57. The molecule has 118 valence electrons. The molecule has 5 nitrogen and oxygen atoms in total. The predicted octanol–water partition coefficient (Wildman–Crippen LogP) is 2.70. The molecule has 0 unspecified atom stereocenters. The lowest BCUT2D eigenvalue weighted by atomic mass is 9.89. The lowest BCUT2D eigenvalue weighted by Crippen LogP contribution is -2.34. The number of ether oxygens (including phenoxy) is 2. The highest BCUT2D eigenvalue weighted by Gasteiger charge is 2.31. The minimum absolute atomic E-state index is 0.125. The van der Waals surface area contributed by atoms with E-state index in [1.165, 1.54) is 0 Å². The van der Waals surface area contributed by atoms with Gasteiger partial charge in [-0.15, -0.1) is 0 Å². The molecule has 0 spiro atoms. The third-order valence-corrected chi connectivity index (χ3v) is 4.91. The summed E-state index contributed by atoms with van der Waals surface area (Å²) in [4.78, 5) is 0. The molecule has 0 saturated carbocycles. The molecule has 1 aromatic rings. The van der Waals surface area contributed by atoms with E-state index in [-0.39, 0.29) is 11.7 Å². The molecule has 3 heterocycles. The van der Waals surface area contributed by atoms with Gasteiger partial charge in [0.15, 0.2) is 0 Å². The summed E-state index contributed by atoms with van der Waals surface area (Å²) in [5.41, 5.74) is 8.38. The van der Waals surface area contributed by atoms with Crippen molar-refractivity contribution in [3.05, 3.63) is 21.3 Å². The van der Waals surface area contributed by atoms with Gasteiger partial charge >= 0.3 is 0 Å². The van der Waals surface area contributed by atoms with Crippen molar-refractivity contribution in [1.82, 2.24) is 4.57 Å². The maximum atomic E-state index is 9.57. The first-order chi connectivity index (χ1) is 10.4. The SMILES string of the molecule is CC1(C)Cc2c(C#N)c(N)n(C[C@@H]3CCCO3)c(=S)c2CO1. The van der Waals surface area contributed by atoms with Crippen molar-refractivity contribution in [1.29, 1.82) is 5.26 Å². The summed E-state index contributed by atoms with van der Waals surface area (Å²) in [6, 6.07) is 2.27. The predicted molar refractivity (Wildman–Crippen MR) is 85.9 cm³/mol. The van der Waals surface area contributed by atoms with E-state index >= 15 is 0 Å². The van der Waals surface area contributed by atoms with Crippen LogP contribution in [0.4, 0.5) is 5.82 Å². The van der Waals surface area contributed by atoms with Crippen LogP contribution in [-0.4, -0.2) is 22.9 Å². The van der Waals surface area contributed by atoms with Gasteiger partial charge in [-0.1, -0.05) is 12.2 Å². The molecule has 1 aromatic heterocycles. The highest BCUT2D eigenvalue weighted by molar-refractivity contribution is 7.71. The summed E-state index contributed by atoms with van der Waals surface area (Å²) in [5, 5.41) is 9.57. The summed E-state index contributed by atoms with van der Waals surface area (Å²) in [5.74, 6) is 0.458. The number of nitrogen functional groups attached to an aromatic ring is 1. The number of nitrogens with two attached hydrogens (primary N) is 1. The molecule has 2 N–H and O–H groups in total. The average Bonchev–Trinajstić information content (AvgIpc) is 2.96. The normalized spacial score (nSPS) is 23.0. The molecule has 6 heteroatoms. The third kappa shape index (κ3) is 2.65. The Hall–Kier alpha value is -1.42. The molecule has 1 saturated heterocycles. The Morgan fingerprint density at radius 2 is 2.23 bits per heavy atom. The van der Waals surface area contributed by atoms with Crippen molar-refractivity contribution in [2.45, 2.75) is 58.0 Å². The van der Waals surface area contributed by atoms with Crippen molar-refractivity contribution in [2.24, 2.45) is 0 Å². The molecule has 22 heavy (non-hydrogen) atoms. The number of anilines is 1. The lowest BCUT2D eigenvalue weighted by molar-refractivity contribution is -0.0407. The maximum Gasteiger partial charge on any atom is 0.122 e. The number of hydrogen-bond donors (Lipinski definition) is 1. The summed E-state index contributed by atoms with van der Waals surface area (Å²) >= 11 is 5.62. The van der Waals surface area contributed by atoms with E-state index in [1.54, 1.807) is 0 Å². The quantitative estimate of drug-likeness (QED) is 0.849. The Labute approximate surface area is 135 Å². The number of nitriles is 1. The van der Waals surface area contributed by atoms with Crippen molar-refractivity contribution in [2.75, 3.05) is 12.3 Å². The minimum atomic E-state index is -0.298. The van der Waals surface area contributed by atoms with Crippen molar-refractivity contribution < 1.29 is 9.47 Å². The first kappa shape index (κ1) is 15.5. The first-order valence-corrected chi connectivity index (χ1v) is 8.03. The van der Waals surface area contributed by atoms with Crippen LogP contribution < -0.4 is 5.73 Å². The summed E-state index contributed by atoms with van der Waals surface area (Å²) in [6.07, 6.45) is 2.84. The van der Waals surface area contributed by atoms with E-state index in [1.807, 2.05) is 18.4 Å². The molecule has 1 fully saturated rings. The van der Waals surface area contributed by atoms with E-state index in [9.17, 15) is 5.26 Å². The number of fused-ring (bicyclic) bond motifs is 1. The topological polar surface area (TPSA) is 73.2 Å². The second kappa shape index (κ2) is 5.65.